The molecular weight excluding hydrogens is 386 g/mol. The van der Waals surface area contributed by atoms with Gasteiger partial charge in [0.2, 0.25) is 5.91 Å². The third-order valence-electron chi connectivity index (χ3n) is 4.72. The number of aromatic nitrogens is 2. The first-order valence-corrected chi connectivity index (χ1v) is 8.97. The number of methoxy groups -OCH3 is 2. The van der Waals surface area contributed by atoms with Gasteiger partial charge in [-0.15, -0.1) is 0 Å². The molecular formula is C19H20ClN3O5. The molecule has 2 heterocycles. The second-order valence-electron chi connectivity index (χ2n) is 6.28. The highest BCUT2D eigenvalue weighted by molar-refractivity contribution is 6.33. The summed E-state index contributed by atoms with van der Waals surface area (Å²) in [6, 6.07) is 5.26. The number of nitrogens with zero attached hydrogens (tertiary/aromatic N) is 3. The average Bonchev–Trinajstić information content (AvgIpc) is 2.92. The Kier molecular flexibility index (Phi) is 5.42. The van der Waals surface area contributed by atoms with Crippen molar-refractivity contribution in [3.63, 3.8) is 0 Å². The molecule has 0 radical (unpaired) electrons. The van der Waals surface area contributed by atoms with Gasteiger partial charge in [0.15, 0.2) is 5.41 Å². The van der Waals surface area contributed by atoms with Crippen LogP contribution in [0.5, 0.6) is 11.5 Å². The maximum atomic E-state index is 13.3. The van der Waals surface area contributed by atoms with Gasteiger partial charge in [0.25, 0.3) is 0 Å². The van der Waals surface area contributed by atoms with Crippen molar-refractivity contribution in [1.82, 2.24) is 9.97 Å². The first kappa shape index (κ1) is 19.9. The summed E-state index contributed by atoms with van der Waals surface area (Å²) in [7, 11) is 3.08. The SMILES string of the molecule is CCOC(=O)C1(C)C(=O)N(Cc2ccc(OC)cc2OC)c2ncnc(Cl)c21. The number of hydrogen-bond donors (Lipinski definition) is 0. The van der Waals surface area contributed by atoms with Crippen LogP contribution in [0.2, 0.25) is 5.15 Å². The molecule has 8 nitrogen and oxygen atoms in total. The molecule has 1 aliphatic rings. The molecule has 0 saturated heterocycles. The molecule has 1 unspecified atom stereocenters. The molecule has 0 spiro atoms. The monoisotopic (exact) mass is 405 g/mol. The Morgan fingerprint density at radius 1 is 1.25 bits per heavy atom. The van der Waals surface area contributed by atoms with Gasteiger partial charge in [0.05, 0.1) is 32.9 Å². The lowest BCUT2D eigenvalue weighted by Gasteiger charge is -2.22. The molecule has 1 aromatic heterocycles. The van der Waals surface area contributed by atoms with Crippen molar-refractivity contribution in [2.24, 2.45) is 0 Å². The van der Waals surface area contributed by atoms with E-state index in [9.17, 15) is 9.59 Å². The lowest BCUT2D eigenvalue weighted by atomic mass is 9.85. The van der Waals surface area contributed by atoms with E-state index in [4.69, 9.17) is 25.8 Å². The van der Waals surface area contributed by atoms with Crippen LogP contribution in [0.4, 0.5) is 5.82 Å². The second-order valence-corrected chi connectivity index (χ2v) is 6.64. The molecule has 0 fully saturated rings. The second kappa shape index (κ2) is 7.63. The van der Waals surface area contributed by atoms with E-state index in [1.54, 1.807) is 32.2 Å². The van der Waals surface area contributed by atoms with Gasteiger partial charge in [-0.25, -0.2) is 9.97 Å². The highest BCUT2D eigenvalue weighted by Crippen LogP contribution is 2.45. The predicted molar refractivity (Wildman–Crippen MR) is 102 cm³/mol. The predicted octanol–water partition coefficient (Wildman–Crippen LogP) is 2.51. The number of carbonyl (C=O) groups excluding carboxylic acids is 2. The Bertz CT molecular complexity index is 936. The molecule has 28 heavy (non-hydrogen) atoms. The van der Waals surface area contributed by atoms with Gasteiger partial charge in [-0.3, -0.25) is 14.5 Å². The molecule has 148 valence electrons. The lowest BCUT2D eigenvalue weighted by molar-refractivity contribution is -0.152. The van der Waals surface area contributed by atoms with Gasteiger partial charge < -0.3 is 14.2 Å². The van der Waals surface area contributed by atoms with Crippen LogP contribution in [0.15, 0.2) is 24.5 Å². The summed E-state index contributed by atoms with van der Waals surface area (Å²) >= 11 is 6.25. The Balaban J connectivity index is 2.08. The highest BCUT2D eigenvalue weighted by atomic mass is 35.5. The Hall–Kier alpha value is -2.87. The average molecular weight is 406 g/mol. The lowest BCUT2D eigenvalue weighted by Crippen LogP contribution is -2.45. The molecule has 0 N–H and O–H groups in total. The van der Waals surface area contributed by atoms with Crippen molar-refractivity contribution in [2.45, 2.75) is 25.8 Å². The summed E-state index contributed by atoms with van der Waals surface area (Å²) < 4.78 is 15.8. The smallest absolute Gasteiger partial charge is 0.326 e. The highest BCUT2D eigenvalue weighted by Gasteiger charge is 2.56. The Labute approximate surface area is 167 Å². The minimum atomic E-state index is -1.62. The van der Waals surface area contributed by atoms with Crippen molar-refractivity contribution in [1.29, 1.82) is 0 Å². The maximum Gasteiger partial charge on any atom is 0.326 e. The van der Waals surface area contributed by atoms with E-state index < -0.39 is 17.3 Å². The summed E-state index contributed by atoms with van der Waals surface area (Å²) in [5.41, 5.74) is -0.665. The first-order valence-electron chi connectivity index (χ1n) is 8.59. The number of halogens is 1. The van der Waals surface area contributed by atoms with E-state index in [-0.39, 0.29) is 29.7 Å². The zero-order chi connectivity index (χ0) is 20.5. The number of carbonyl (C=O) groups is 2. The quantitative estimate of drug-likeness (QED) is 0.414. The van der Waals surface area contributed by atoms with E-state index >= 15 is 0 Å². The molecule has 9 heteroatoms. The fourth-order valence-electron chi connectivity index (χ4n) is 3.23. The number of amides is 1. The van der Waals surface area contributed by atoms with Gasteiger partial charge in [0, 0.05) is 11.6 Å². The Morgan fingerprint density at radius 2 is 2.00 bits per heavy atom. The standard InChI is InChI=1S/C19H20ClN3O5/c1-5-28-18(25)19(2)14-15(20)21-10-22-16(14)23(17(19)24)9-11-6-7-12(26-3)8-13(11)27-4/h6-8,10H,5,9H2,1-4H3. The number of ether oxygens (including phenoxy) is 3. The maximum absolute atomic E-state index is 13.3. The molecule has 0 aliphatic carbocycles. The number of rotatable bonds is 6. The minimum absolute atomic E-state index is 0.0399. The van der Waals surface area contributed by atoms with Crippen LogP contribution in [0.25, 0.3) is 0 Å². The van der Waals surface area contributed by atoms with Gasteiger partial charge in [-0.1, -0.05) is 11.6 Å². The van der Waals surface area contributed by atoms with E-state index in [1.165, 1.54) is 25.3 Å². The van der Waals surface area contributed by atoms with Crippen LogP contribution < -0.4 is 14.4 Å². The van der Waals surface area contributed by atoms with Crippen molar-refractivity contribution in [3.8, 4) is 11.5 Å². The number of benzene rings is 1. The van der Waals surface area contributed by atoms with E-state index in [0.717, 1.165) is 0 Å². The third kappa shape index (κ3) is 3.03. The van der Waals surface area contributed by atoms with E-state index in [2.05, 4.69) is 9.97 Å². The van der Waals surface area contributed by atoms with Crippen molar-refractivity contribution in [2.75, 3.05) is 25.7 Å². The van der Waals surface area contributed by atoms with Crippen LogP contribution >= 0.6 is 11.6 Å². The zero-order valence-electron chi connectivity index (χ0n) is 16.0. The molecule has 3 rings (SSSR count). The van der Waals surface area contributed by atoms with Gasteiger partial charge in [-0.2, -0.15) is 0 Å². The van der Waals surface area contributed by atoms with Crippen molar-refractivity contribution >= 4 is 29.3 Å². The fraction of sp³-hybridized carbons (Fsp3) is 0.368. The molecule has 0 saturated carbocycles. The largest absolute Gasteiger partial charge is 0.497 e. The van der Waals surface area contributed by atoms with Crippen LogP contribution in [0.1, 0.15) is 25.0 Å². The summed E-state index contributed by atoms with van der Waals surface area (Å²) in [6.07, 6.45) is 1.25. The van der Waals surface area contributed by atoms with Gasteiger partial charge in [0.1, 0.15) is 28.8 Å². The number of fused-ring (bicyclic) bond motifs is 1. The molecule has 1 aliphatic heterocycles. The van der Waals surface area contributed by atoms with E-state index in [1.807, 2.05) is 0 Å². The molecule has 1 amide bonds. The number of anilines is 1. The van der Waals surface area contributed by atoms with Gasteiger partial charge in [-0.05, 0) is 26.0 Å². The minimum Gasteiger partial charge on any atom is -0.497 e. The van der Waals surface area contributed by atoms with Gasteiger partial charge >= 0.3 is 5.97 Å². The topological polar surface area (TPSA) is 90.9 Å². The number of hydrogen-bond acceptors (Lipinski definition) is 7. The number of esters is 1. The Morgan fingerprint density at radius 3 is 2.64 bits per heavy atom. The van der Waals surface area contributed by atoms with Crippen molar-refractivity contribution < 1.29 is 23.8 Å². The first-order chi connectivity index (χ1) is 13.4. The normalized spacial score (nSPS) is 18.0. The summed E-state index contributed by atoms with van der Waals surface area (Å²) in [6.45, 7) is 3.41. The summed E-state index contributed by atoms with van der Waals surface area (Å²) in [5.74, 6) is 0.260. The summed E-state index contributed by atoms with van der Waals surface area (Å²) in [5, 5.41) is 0.0399. The molecule has 2 aromatic rings. The summed E-state index contributed by atoms with van der Waals surface area (Å²) in [4.78, 5) is 35.5. The third-order valence-corrected chi connectivity index (χ3v) is 5.00. The van der Waals surface area contributed by atoms with Crippen LogP contribution in [0, 0.1) is 0 Å². The fourth-order valence-corrected chi connectivity index (χ4v) is 3.54. The zero-order valence-corrected chi connectivity index (χ0v) is 16.7. The molecule has 1 aromatic carbocycles. The van der Waals surface area contributed by atoms with Crippen LogP contribution in [0.3, 0.4) is 0 Å². The molecule has 1 atom stereocenters. The molecule has 0 bridgehead atoms. The van der Waals surface area contributed by atoms with E-state index in [0.29, 0.717) is 17.1 Å². The van der Waals surface area contributed by atoms with Crippen LogP contribution in [-0.2, 0) is 26.3 Å². The van der Waals surface area contributed by atoms with Crippen molar-refractivity contribution in [3.05, 3.63) is 40.8 Å². The van der Waals surface area contributed by atoms with Crippen LogP contribution in [-0.4, -0.2) is 42.7 Å².